The van der Waals surface area contributed by atoms with Crippen LogP contribution in [0.4, 0.5) is 5.69 Å². The van der Waals surface area contributed by atoms with E-state index in [1.807, 2.05) is 32.0 Å². The van der Waals surface area contributed by atoms with Gasteiger partial charge in [-0.05, 0) is 44.5 Å². The molecule has 0 atom stereocenters. The van der Waals surface area contributed by atoms with E-state index in [4.69, 9.17) is 0 Å². The third-order valence-corrected chi connectivity index (χ3v) is 4.09. The Kier molecular flexibility index (Phi) is 6.85. The maximum atomic E-state index is 12.0. The second-order valence-electron chi connectivity index (χ2n) is 5.72. The number of aryl methyl sites for hydroxylation is 2. The van der Waals surface area contributed by atoms with E-state index < -0.39 is 0 Å². The van der Waals surface area contributed by atoms with E-state index in [0.29, 0.717) is 16.6 Å². The standard InChI is InChI=1S/C18H21N5O2S/c1-11-8-12(2)20-18(19-11)26-10-17(25)23-22-13(3)15-6-5-7-16(9-15)21-14(4)24/h5-9H,10H2,1-4H3,(H,21,24)(H,23,25)/b22-13-. The van der Waals surface area contributed by atoms with Gasteiger partial charge in [0.15, 0.2) is 5.16 Å². The van der Waals surface area contributed by atoms with E-state index in [0.717, 1.165) is 17.0 Å². The maximum Gasteiger partial charge on any atom is 0.250 e. The van der Waals surface area contributed by atoms with Crippen LogP contribution in [-0.4, -0.2) is 33.2 Å². The molecule has 2 amide bonds. The minimum Gasteiger partial charge on any atom is -0.326 e. The SMILES string of the molecule is CC(=O)Nc1cccc(/C(C)=N\NC(=O)CSc2nc(C)cc(C)n2)c1. The molecule has 0 unspecified atom stereocenters. The monoisotopic (exact) mass is 371 g/mol. The van der Waals surface area contributed by atoms with Gasteiger partial charge in [-0.15, -0.1) is 0 Å². The minimum atomic E-state index is -0.241. The molecule has 2 N–H and O–H groups in total. The van der Waals surface area contributed by atoms with E-state index in [1.54, 1.807) is 19.1 Å². The molecule has 0 radical (unpaired) electrons. The normalized spacial score (nSPS) is 11.2. The fourth-order valence-corrected chi connectivity index (χ4v) is 2.90. The first-order chi connectivity index (χ1) is 12.3. The van der Waals surface area contributed by atoms with Gasteiger partial charge in [-0.25, -0.2) is 15.4 Å². The summed E-state index contributed by atoms with van der Waals surface area (Å²) in [7, 11) is 0. The van der Waals surface area contributed by atoms with Crippen LogP contribution in [0.1, 0.15) is 30.8 Å². The van der Waals surface area contributed by atoms with Gasteiger partial charge in [0.25, 0.3) is 5.91 Å². The van der Waals surface area contributed by atoms with Gasteiger partial charge in [0, 0.05) is 24.0 Å². The molecule has 26 heavy (non-hydrogen) atoms. The molecule has 1 aromatic carbocycles. The number of hydrogen-bond acceptors (Lipinski definition) is 6. The predicted octanol–water partition coefficient (Wildman–Crippen LogP) is 2.68. The molecular weight excluding hydrogens is 350 g/mol. The largest absolute Gasteiger partial charge is 0.326 e. The number of amides is 2. The summed E-state index contributed by atoms with van der Waals surface area (Å²) in [6.45, 7) is 7.02. The van der Waals surface area contributed by atoms with E-state index in [-0.39, 0.29) is 17.6 Å². The van der Waals surface area contributed by atoms with Crippen molar-refractivity contribution in [3.05, 3.63) is 47.3 Å². The van der Waals surface area contributed by atoms with Crippen LogP contribution in [0.3, 0.4) is 0 Å². The quantitative estimate of drug-likeness (QED) is 0.352. The van der Waals surface area contributed by atoms with Gasteiger partial charge < -0.3 is 5.32 Å². The van der Waals surface area contributed by atoms with Gasteiger partial charge in [0.2, 0.25) is 5.91 Å². The van der Waals surface area contributed by atoms with E-state index >= 15 is 0 Å². The van der Waals surface area contributed by atoms with Crippen LogP contribution in [0.2, 0.25) is 0 Å². The fourth-order valence-electron chi connectivity index (χ4n) is 2.16. The first kappa shape index (κ1) is 19.6. The summed E-state index contributed by atoms with van der Waals surface area (Å²) in [6.07, 6.45) is 0. The van der Waals surface area contributed by atoms with Gasteiger partial charge in [0.1, 0.15) is 0 Å². The number of hydrogen-bond donors (Lipinski definition) is 2. The summed E-state index contributed by atoms with van der Waals surface area (Å²) in [5.41, 5.74) is 6.39. The lowest BCUT2D eigenvalue weighted by Crippen LogP contribution is -2.21. The van der Waals surface area contributed by atoms with Gasteiger partial charge in [0.05, 0.1) is 11.5 Å². The lowest BCUT2D eigenvalue weighted by atomic mass is 10.1. The highest BCUT2D eigenvalue weighted by molar-refractivity contribution is 7.99. The van der Waals surface area contributed by atoms with Crippen molar-refractivity contribution < 1.29 is 9.59 Å². The van der Waals surface area contributed by atoms with Crippen molar-refractivity contribution in [2.75, 3.05) is 11.1 Å². The van der Waals surface area contributed by atoms with Crippen molar-refractivity contribution in [2.24, 2.45) is 5.10 Å². The molecule has 7 nitrogen and oxygen atoms in total. The Bertz CT molecular complexity index is 831. The second-order valence-corrected chi connectivity index (χ2v) is 6.66. The zero-order valence-electron chi connectivity index (χ0n) is 15.2. The number of carbonyl (C=O) groups is 2. The number of rotatable bonds is 6. The number of anilines is 1. The number of benzene rings is 1. The van der Waals surface area contributed by atoms with Gasteiger partial charge >= 0.3 is 0 Å². The lowest BCUT2D eigenvalue weighted by molar-refractivity contribution is -0.118. The summed E-state index contributed by atoms with van der Waals surface area (Å²) in [5.74, 6) is -0.211. The molecule has 0 saturated heterocycles. The molecule has 8 heteroatoms. The van der Waals surface area contributed by atoms with Crippen molar-refractivity contribution in [1.29, 1.82) is 0 Å². The molecule has 2 rings (SSSR count). The molecule has 2 aromatic rings. The van der Waals surface area contributed by atoms with Crippen LogP contribution in [0, 0.1) is 13.8 Å². The van der Waals surface area contributed by atoms with Crippen LogP contribution >= 0.6 is 11.8 Å². The number of carbonyl (C=O) groups excluding carboxylic acids is 2. The van der Waals surface area contributed by atoms with E-state index in [2.05, 4.69) is 25.8 Å². The molecule has 0 aliphatic carbocycles. The molecule has 1 aromatic heterocycles. The van der Waals surface area contributed by atoms with Crippen molar-refractivity contribution in [2.45, 2.75) is 32.9 Å². The first-order valence-electron chi connectivity index (χ1n) is 7.99. The Morgan fingerprint density at radius 2 is 1.81 bits per heavy atom. The van der Waals surface area contributed by atoms with Crippen LogP contribution < -0.4 is 10.7 Å². The molecule has 1 heterocycles. The van der Waals surface area contributed by atoms with Crippen molar-refractivity contribution in [3.63, 3.8) is 0 Å². The predicted molar refractivity (Wildman–Crippen MR) is 103 cm³/mol. The van der Waals surface area contributed by atoms with E-state index in [1.165, 1.54) is 18.7 Å². The third-order valence-electron chi connectivity index (χ3n) is 3.24. The van der Waals surface area contributed by atoms with Gasteiger partial charge in [-0.1, -0.05) is 23.9 Å². The molecule has 0 bridgehead atoms. The molecule has 0 spiro atoms. The van der Waals surface area contributed by atoms with Crippen LogP contribution in [0.25, 0.3) is 0 Å². The highest BCUT2D eigenvalue weighted by Crippen LogP contribution is 2.14. The Morgan fingerprint density at radius 3 is 2.46 bits per heavy atom. The van der Waals surface area contributed by atoms with Crippen LogP contribution in [-0.2, 0) is 9.59 Å². The summed E-state index contributed by atoms with van der Waals surface area (Å²) < 4.78 is 0. The van der Waals surface area contributed by atoms with E-state index in [9.17, 15) is 9.59 Å². The van der Waals surface area contributed by atoms with Crippen molar-refractivity contribution in [1.82, 2.24) is 15.4 Å². The first-order valence-corrected chi connectivity index (χ1v) is 8.98. The molecular formula is C18H21N5O2S. The summed E-state index contributed by atoms with van der Waals surface area (Å²) >= 11 is 1.26. The molecule has 0 saturated carbocycles. The molecule has 136 valence electrons. The Hall–Kier alpha value is -2.74. The summed E-state index contributed by atoms with van der Waals surface area (Å²) in [4.78, 5) is 31.7. The van der Waals surface area contributed by atoms with Gasteiger partial charge in [-0.2, -0.15) is 5.10 Å². The summed E-state index contributed by atoms with van der Waals surface area (Å²) in [6, 6.07) is 9.14. The van der Waals surface area contributed by atoms with Gasteiger partial charge in [-0.3, -0.25) is 9.59 Å². The van der Waals surface area contributed by atoms with Crippen LogP contribution in [0.5, 0.6) is 0 Å². The molecule has 0 fully saturated rings. The Balaban J connectivity index is 1.93. The fraction of sp³-hybridized carbons (Fsp3) is 0.278. The number of aromatic nitrogens is 2. The van der Waals surface area contributed by atoms with Crippen molar-refractivity contribution in [3.8, 4) is 0 Å². The topological polar surface area (TPSA) is 96.3 Å². The minimum absolute atomic E-state index is 0.143. The molecule has 0 aliphatic rings. The average Bonchev–Trinajstić information content (AvgIpc) is 2.56. The maximum absolute atomic E-state index is 12.0. The zero-order chi connectivity index (χ0) is 19.1. The Morgan fingerprint density at radius 1 is 1.12 bits per heavy atom. The zero-order valence-corrected chi connectivity index (χ0v) is 16.0. The van der Waals surface area contributed by atoms with Crippen molar-refractivity contribution >= 4 is 35.0 Å². The average molecular weight is 371 g/mol. The smallest absolute Gasteiger partial charge is 0.250 e. The number of thioether (sulfide) groups is 1. The molecule has 0 aliphatic heterocycles. The number of nitrogens with zero attached hydrogens (tertiary/aromatic N) is 3. The Labute approximate surface area is 156 Å². The number of nitrogens with one attached hydrogen (secondary N) is 2. The second kappa shape index (κ2) is 9.10. The lowest BCUT2D eigenvalue weighted by Gasteiger charge is -2.06. The highest BCUT2D eigenvalue weighted by Gasteiger charge is 2.06. The summed E-state index contributed by atoms with van der Waals surface area (Å²) in [5, 5.41) is 7.40. The third kappa shape index (κ3) is 6.29. The number of hydrazone groups is 1. The van der Waals surface area contributed by atoms with Crippen LogP contribution in [0.15, 0.2) is 40.6 Å². The highest BCUT2D eigenvalue weighted by atomic mass is 32.2.